The minimum Gasteiger partial charge on any atom is -0.354 e. The largest absolute Gasteiger partial charge is 0.354 e. The second kappa shape index (κ2) is 13.5. The van der Waals surface area contributed by atoms with Gasteiger partial charge in [-0.15, -0.1) is 0 Å². The molecule has 0 unspecified atom stereocenters. The van der Waals surface area contributed by atoms with Crippen molar-refractivity contribution in [1.82, 2.24) is 10.2 Å². The summed E-state index contributed by atoms with van der Waals surface area (Å²) < 4.78 is 0. The molecule has 0 radical (unpaired) electrons. The number of rotatable bonds is 13. The first-order valence-electron chi connectivity index (χ1n) is 15.0. The van der Waals surface area contributed by atoms with E-state index < -0.39 is 6.04 Å². The van der Waals surface area contributed by atoms with E-state index in [1.807, 2.05) is 97.9 Å². The first-order valence-corrected chi connectivity index (χ1v) is 15.0. The average Bonchev–Trinajstić information content (AvgIpc) is 3.28. The molecule has 0 spiro atoms. The fourth-order valence-corrected chi connectivity index (χ4v) is 5.68. The Balaban J connectivity index is 1.36. The predicted octanol–water partition coefficient (Wildman–Crippen LogP) is 6.45. The molecule has 42 heavy (non-hydrogen) atoms. The van der Waals surface area contributed by atoms with Crippen molar-refractivity contribution in [1.29, 1.82) is 0 Å². The van der Waals surface area contributed by atoms with Crippen LogP contribution in [0.4, 0.5) is 5.69 Å². The topological polar surface area (TPSA) is 69.7 Å². The molecule has 0 aromatic heterocycles. The van der Waals surface area contributed by atoms with E-state index in [2.05, 4.69) is 12.2 Å². The van der Waals surface area contributed by atoms with Crippen molar-refractivity contribution in [3.05, 3.63) is 113 Å². The number of aryl methyl sites for hydroxylation is 1. The zero-order valence-electron chi connectivity index (χ0n) is 24.5. The van der Waals surface area contributed by atoms with Crippen molar-refractivity contribution < 1.29 is 14.4 Å². The molecule has 0 aliphatic carbocycles. The number of benzene rings is 4. The zero-order valence-corrected chi connectivity index (χ0v) is 24.5. The standard InChI is InChI=1S/C36H39N3O3/c1-3-4-22-37-35(41)32(24-27-11-6-5-7-12-27)39(25-28-20-18-26(2)19-21-28)33(40)17-10-23-38-31-16-9-14-29-13-8-15-30(34(29)31)36(38)42/h5-9,11-16,18-21,32H,3-4,10,17,22-25H2,1-2H3,(H,37,41)/t32-/m0/s1. The molecule has 0 saturated heterocycles. The van der Waals surface area contributed by atoms with Gasteiger partial charge in [-0.1, -0.05) is 97.8 Å². The quantitative estimate of drug-likeness (QED) is 0.191. The van der Waals surface area contributed by atoms with Crippen LogP contribution in [0.1, 0.15) is 59.7 Å². The SMILES string of the molecule is CCCCNC(=O)[C@H](Cc1ccccc1)N(Cc1ccc(C)cc1)C(=O)CCCN1C(=O)c2cccc3cccc1c23. The van der Waals surface area contributed by atoms with Crippen LogP contribution in [0.15, 0.2) is 91.0 Å². The molecule has 1 aliphatic heterocycles. The minimum atomic E-state index is -0.649. The van der Waals surface area contributed by atoms with Crippen molar-refractivity contribution in [3.63, 3.8) is 0 Å². The maximum Gasteiger partial charge on any atom is 0.258 e. The number of amides is 3. The monoisotopic (exact) mass is 561 g/mol. The summed E-state index contributed by atoms with van der Waals surface area (Å²) in [6.45, 7) is 5.47. The van der Waals surface area contributed by atoms with Gasteiger partial charge in [-0.2, -0.15) is 0 Å². The molecular formula is C36H39N3O3. The maximum atomic E-state index is 14.0. The summed E-state index contributed by atoms with van der Waals surface area (Å²) in [5.74, 6) is -0.253. The summed E-state index contributed by atoms with van der Waals surface area (Å²) in [7, 11) is 0. The van der Waals surface area contributed by atoms with Crippen LogP contribution in [0.2, 0.25) is 0 Å². The van der Waals surface area contributed by atoms with Gasteiger partial charge in [0.15, 0.2) is 0 Å². The number of hydrogen-bond acceptors (Lipinski definition) is 3. The lowest BCUT2D eigenvalue weighted by molar-refractivity contribution is -0.141. The summed E-state index contributed by atoms with van der Waals surface area (Å²) >= 11 is 0. The molecule has 4 aromatic carbocycles. The zero-order chi connectivity index (χ0) is 29.5. The highest BCUT2D eigenvalue weighted by Gasteiger charge is 2.32. The molecule has 6 nitrogen and oxygen atoms in total. The molecule has 0 bridgehead atoms. The van der Waals surface area contributed by atoms with E-state index in [1.165, 1.54) is 0 Å². The first-order chi connectivity index (χ1) is 20.5. The third-order valence-corrected chi connectivity index (χ3v) is 8.00. The van der Waals surface area contributed by atoms with Gasteiger partial charge in [-0.3, -0.25) is 14.4 Å². The second-order valence-electron chi connectivity index (χ2n) is 11.1. The molecule has 0 fully saturated rings. The third kappa shape index (κ3) is 6.54. The molecule has 0 saturated carbocycles. The number of carbonyl (C=O) groups excluding carboxylic acids is 3. The maximum absolute atomic E-state index is 14.0. The number of nitrogens with zero attached hydrogens (tertiary/aromatic N) is 2. The van der Waals surface area contributed by atoms with E-state index in [-0.39, 0.29) is 24.1 Å². The van der Waals surface area contributed by atoms with Gasteiger partial charge in [-0.25, -0.2) is 0 Å². The highest BCUT2D eigenvalue weighted by molar-refractivity contribution is 6.25. The highest BCUT2D eigenvalue weighted by Crippen LogP contribution is 2.37. The molecule has 216 valence electrons. The van der Waals surface area contributed by atoms with Crippen LogP contribution >= 0.6 is 0 Å². The highest BCUT2D eigenvalue weighted by atomic mass is 16.2. The Hall–Kier alpha value is -4.45. The Labute approximate surface area is 248 Å². The van der Waals surface area contributed by atoms with Crippen LogP contribution < -0.4 is 10.2 Å². The predicted molar refractivity (Wildman–Crippen MR) is 168 cm³/mol. The molecule has 1 atom stereocenters. The lowest BCUT2D eigenvalue weighted by Gasteiger charge is -2.32. The molecule has 1 aliphatic rings. The number of hydrogen-bond donors (Lipinski definition) is 1. The first kappa shape index (κ1) is 29.1. The van der Waals surface area contributed by atoms with Gasteiger partial charge in [0.1, 0.15) is 6.04 Å². The van der Waals surface area contributed by atoms with E-state index in [9.17, 15) is 14.4 Å². The summed E-state index contributed by atoms with van der Waals surface area (Å²) in [4.78, 5) is 44.4. The van der Waals surface area contributed by atoms with E-state index in [0.29, 0.717) is 38.0 Å². The third-order valence-electron chi connectivity index (χ3n) is 8.00. The minimum absolute atomic E-state index is 0.0250. The van der Waals surface area contributed by atoms with Crippen LogP contribution in [0, 0.1) is 6.92 Å². The van der Waals surface area contributed by atoms with Crippen molar-refractivity contribution in [2.75, 3.05) is 18.0 Å². The normalized spacial score (nSPS) is 12.9. The van der Waals surface area contributed by atoms with Gasteiger partial charge in [0, 0.05) is 43.4 Å². The summed E-state index contributed by atoms with van der Waals surface area (Å²) in [6, 6.07) is 29.1. The van der Waals surface area contributed by atoms with Gasteiger partial charge in [0.2, 0.25) is 11.8 Å². The van der Waals surface area contributed by atoms with Crippen LogP contribution in [-0.4, -0.2) is 41.8 Å². The van der Waals surface area contributed by atoms with Gasteiger partial charge in [0.05, 0.1) is 5.69 Å². The van der Waals surface area contributed by atoms with Crippen molar-refractivity contribution >= 4 is 34.2 Å². The average molecular weight is 562 g/mol. The van der Waals surface area contributed by atoms with Gasteiger partial charge < -0.3 is 15.1 Å². The number of unbranched alkanes of at least 4 members (excludes halogenated alkanes) is 1. The number of nitrogens with one attached hydrogen (secondary N) is 1. The molecule has 6 heteroatoms. The van der Waals surface area contributed by atoms with Gasteiger partial charge in [-0.05, 0) is 48.4 Å². The van der Waals surface area contributed by atoms with Crippen LogP contribution in [0.5, 0.6) is 0 Å². The Bertz CT molecular complexity index is 1540. The van der Waals surface area contributed by atoms with Gasteiger partial charge >= 0.3 is 0 Å². The Morgan fingerprint density at radius 3 is 2.33 bits per heavy atom. The lowest BCUT2D eigenvalue weighted by Crippen LogP contribution is -2.50. The van der Waals surface area contributed by atoms with E-state index >= 15 is 0 Å². The van der Waals surface area contributed by atoms with Crippen LogP contribution in [-0.2, 0) is 22.6 Å². The summed E-state index contributed by atoms with van der Waals surface area (Å²) in [6.07, 6.45) is 3.01. The van der Waals surface area contributed by atoms with Crippen LogP contribution in [0.3, 0.4) is 0 Å². The summed E-state index contributed by atoms with van der Waals surface area (Å²) in [5.41, 5.74) is 4.73. The fourth-order valence-electron chi connectivity index (χ4n) is 5.68. The molecule has 5 rings (SSSR count). The molecule has 4 aromatic rings. The van der Waals surface area contributed by atoms with Crippen molar-refractivity contribution in [2.45, 2.75) is 58.5 Å². The Morgan fingerprint density at radius 2 is 1.60 bits per heavy atom. The molecule has 3 amide bonds. The lowest BCUT2D eigenvalue weighted by atomic mass is 10.0. The molecule has 1 N–H and O–H groups in total. The smallest absolute Gasteiger partial charge is 0.258 e. The van der Waals surface area contributed by atoms with Gasteiger partial charge in [0.25, 0.3) is 5.91 Å². The number of anilines is 1. The van der Waals surface area contributed by atoms with Crippen molar-refractivity contribution in [2.24, 2.45) is 0 Å². The summed E-state index contributed by atoms with van der Waals surface area (Å²) in [5, 5.41) is 5.09. The molecule has 1 heterocycles. The van der Waals surface area contributed by atoms with Crippen LogP contribution in [0.25, 0.3) is 10.8 Å². The van der Waals surface area contributed by atoms with E-state index in [0.717, 1.165) is 46.0 Å². The van der Waals surface area contributed by atoms with Crippen molar-refractivity contribution in [3.8, 4) is 0 Å². The van der Waals surface area contributed by atoms with E-state index in [1.54, 1.807) is 9.80 Å². The Kier molecular flexibility index (Phi) is 9.32. The molecular weight excluding hydrogens is 522 g/mol. The second-order valence-corrected chi connectivity index (χ2v) is 11.1. The fraction of sp³-hybridized carbons (Fsp3) is 0.306. The number of carbonyl (C=O) groups is 3. The Morgan fingerprint density at radius 1 is 0.857 bits per heavy atom. The van der Waals surface area contributed by atoms with E-state index in [4.69, 9.17) is 0 Å².